The van der Waals surface area contributed by atoms with E-state index in [4.69, 9.17) is 11.6 Å². The van der Waals surface area contributed by atoms with Gasteiger partial charge < -0.3 is 4.74 Å². The fraction of sp³-hybridized carbons (Fsp3) is 0.462. The quantitative estimate of drug-likeness (QED) is 0.781. The number of benzene rings is 1. The molecule has 0 fully saturated rings. The summed E-state index contributed by atoms with van der Waals surface area (Å²) in [6.07, 6.45) is 0. The summed E-state index contributed by atoms with van der Waals surface area (Å²) in [4.78, 5) is 11.4. The summed E-state index contributed by atoms with van der Waals surface area (Å²) < 4.78 is 30.8. The normalized spacial score (nSPS) is 11.9. The number of hydrogen-bond donors (Lipinski definition) is 0. The molecular formula is C13H18ClNO4S. The predicted molar refractivity (Wildman–Crippen MR) is 77.2 cm³/mol. The smallest absolute Gasteiger partial charge is 0.321 e. The second-order valence-electron chi connectivity index (χ2n) is 4.65. The Labute approximate surface area is 124 Å². The highest BCUT2D eigenvalue weighted by molar-refractivity contribution is 7.89. The van der Waals surface area contributed by atoms with Crippen LogP contribution in [0.5, 0.6) is 0 Å². The first-order valence-electron chi connectivity index (χ1n) is 6.05. The van der Waals surface area contributed by atoms with Crippen molar-refractivity contribution in [3.8, 4) is 0 Å². The third kappa shape index (κ3) is 3.71. The van der Waals surface area contributed by atoms with Crippen LogP contribution >= 0.6 is 11.6 Å². The van der Waals surface area contributed by atoms with Crippen LogP contribution in [0, 0.1) is 6.92 Å². The number of nitrogens with zero attached hydrogens (tertiary/aromatic N) is 1. The summed E-state index contributed by atoms with van der Waals surface area (Å²) in [5, 5.41) is 0.139. The minimum Gasteiger partial charge on any atom is -0.468 e. The van der Waals surface area contributed by atoms with Gasteiger partial charge in [0, 0.05) is 6.04 Å². The third-order valence-corrected chi connectivity index (χ3v) is 5.27. The summed E-state index contributed by atoms with van der Waals surface area (Å²) in [5.74, 6) is -0.620. The fourth-order valence-electron chi connectivity index (χ4n) is 1.68. The Balaban J connectivity index is 3.26. The second-order valence-corrected chi connectivity index (χ2v) is 6.92. The number of sulfonamides is 1. The van der Waals surface area contributed by atoms with Crippen LogP contribution in [-0.2, 0) is 19.6 Å². The van der Waals surface area contributed by atoms with Gasteiger partial charge in [-0.15, -0.1) is 0 Å². The van der Waals surface area contributed by atoms with Crippen molar-refractivity contribution in [1.82, 2.24) is 4.31 Å². The fourth-order valence-corrected chi connectivity index (χ4v) is 3.83. The number of ether oxygens (including phenoxy) is 1. The summed E-state index contributed by atoms with van der Waals surface area (Å²) in [5.41, 5.74) is 0.859. The molecule has 0 N–H and O–H groups in total. The largest absolute Gasteiger partial charge is 0.468 e. The van der Waals surface area contributed by atoms with E-state index < -0.39 is 22.0 Å². The van der Waals surface area contributed by atoms with Crippen molar-refractivity contribution in [3.05, 3.63) is 28.8 Å². The van der Waals surface area contributed by atoms with Crippen LogP contribution in [0.15, 0.2) is 23.1 Å². The van der Waals surface area contributed by atoms with Crippen LogP contribution in [-0.4, -0.2) is 38.4 Å². The molecule has 0 aliphatic heterocycles. The van der Waals surface area contributed by atoms with Crippen molar-refractivity contribution in [2.24, 2.45) is 0 Å². The number of esters is 1. The topological polar surface area (TPSA) is 63.7 Å². The monoisotopic (exact) mass is 319 g/mol. The Morgan fingerprint density at radius 1 is 1.40 bits per heavy atom. The maximum atomic E-state index is 12.6. The van der Waals surface area contributed by atoms with E-state index in [0.29, 0.717) is 0 Å². The highest BCUT2D eigenvalue weighted by Gasteiger charge is 2.31. The Morgan fingerprint density at radius 3 is 2.45 bits per heavy atom. The predicted octanol–water partition coefficient (Wildman–Crippen LogP) is 2.22. The van der Waals surface area contributed by atoms with Gasteiger partial charge in [0.25, 0.3) is 0 Å². The van der Waals surface area contributed by atoms with E-state index in [1.807, 2.05) is 6.92 Å². The first kappa shape index (κ1) is 16.9. The van der Waals surface area contributed by atoms with E-state index in [1.165, 1.54) is 13.2 Å². The van der Waals surface area contributed by atoms with Gasteiger partial charge in [-0.05, 0) is 38.5 Å². The zero-order chi connectivity index (χ0) is 15.5. The first-order valence-corrected chi connectivity index (χ1v) is 7.86. The maximum Gasteiger partial charge on any atom is 0.321 e. The van der Waals surface area contributed by atoms with Gasteiger partial charge in [0.1, 0.15) is 11.4 Å². The highest BCUT2D eigenvalue weighted by atomic mass is 35.5. The van der Waals surface area contributed by atoms with Crippen LogP contribution < -0.4 is 0 Å². The summed E-state index contributed by atoms with van der Waals surface area (Å²) in [7, 11) is -2.64. The van der Waals surface area contributed by atoms with E-state index in [9.17, 15) is 13.2 Å². The zero-order valence-corrected chi connectivity index (χ0v) is 13.5. The average Bonchev–Trinajstić information content (AvgIpc) is 2.34. The molecule has 0 radical (unpaired) electrons. The van der Waals surface area contributed by atoms with Crippen LogP contribution in [0.4, 0.5) is 0 Å². The van der Waals surface area contributed by atoms with Crippen molar-refractivity contribution in [2.75, 3.05) is 13.7 Å². The molecule has 0 heterocycles. The molecule has 0 bridgehead atoms. The third-order valence-electron chi connectivity index (χ3n) is 2.76. The second kappa shape index (κ2) is 6.56. The number of aryl methyl sites for hydroxylation is 1. The molecule has 0 saturated heterocycles. The Kier molecular flexibility index (Phi) is 5.56. The number of carbonyl (C=O) groups is 1. The molecule has 0 atom stereocenters. The lowest BCUT2D eigenvalue weighted by atomic mass is 10.2. The van der Waals surface area contributed by atoms with Crippen molar-refractivity contribution >= 4 is 27.6 Å². The summed E-state index contributed by atoms with van der Waals surface area (Å²) in [6.45, 7) is 4.84. The van der Waals surface area contributed by atoms with Crippen LogP contribution in [0.25, 0.3) is 0 Å². The van der Waals surface area contributed by atoms with E-state index in [-0.39, 0.29) is 16.5 Å². The van der Waals surface area contributed by atoms with Gasteiger partial charge in [-0.3, -0.25) is 4.79 Å². The number of rotatable bonds is 5. The van der Waals surface area contributed by atoms with Gasteiger partial charge in [0.05, 0.1) is 12.1 Å². The molecule has 0 aromatic heterocycles. The van der Waals surface area contributed by atoms with Crippen molar-refractivity contribution < 1.29 is 17.9 Å². The lowest BCUT2D eigenvalue weighted by molar-refractivity contribution is -0.141. The molecule has 0 amide bonds. The number of halogens is 1. The molecule has 20 heavy (non-hydrogen) atoms. The Hall–Kier alpha value is -1.11. The number of methoxy groups -OCH3 is 1. The van der Waals surface area contributed by atoms with Crippen LogP contribution in [0.1, 0.15) is 19.4 Å². The molecule has 1 aromatic carbocycles. The molecule has 112 valence electrons. The van der Waals surface area contributed by atoms with Gasteiger partial charge in [-0.2, -0.15) is 4.31 Å². The van der Waals surface area contributed by atoms with E-state index in [0.717, 1.165) is 9.87 Å². The standard InChI is InChI=1S/C13H18ClNO4S/c1-9(2)15(8-13(16)19-4)20(17,18)12-6-5-10(3)7-11(12)14/h5-7,9H,8H2,1-4H3. The number of hydrogen-bond acceptors (Lipinski definition) is 4. The molecule has 0 unspecified atom stereocenters. The summed E-state index contributed by atoms with van der Waals surface area (Å²) >= 11 is 6.01. The van der Waals surface area contributed by atoms with Gasteiger partial charge in [-0.1, -0.05) is 17.7 Å². The molecule has 0 spiro atoms. The molecule has 5 nitrogen and oxygen atoms in total. The SMILES string of the molecule is COC(=O)CN(C(C)C)S(=O)(=O)c1ccc(C)cc1Cl. The van der Waals surface area contributed by atoms with Crippen molar-refractivity contribution in [3.63, 3.8) is 0 Å². The Morgan fingerprint density at radius 2 is 2.00 bits per heavy atom. The van der Waals surface area contributed by atoms with Crippen LogP contribution in [0.3, 0.4) is 0 Å². The lowest BCUT2D eigenvalue weighted by Crippen LogP contribution is -2.41. The minimum absolute atomic E-state index is 0.0117. The molecule has 0 aliphatic rings. The minimum atomic E-state index is -3.85. The van der Waals surface area contributed by atoms with E-state index >= 15 is 0 Å². The van der Waals surface area contributed by atoms with E-state index in [2.05, 4.69) is 4.74 Å². The molecule has 0 aliphatic carbocycles. The van der Waals surface area contributed by atoms with Gasteiger partial charge >= 0.3 is 5.97 Å². The van der Waals surface area contributed by atoms with Gasteiger partial charge in [0.2, 0.25) is 10.0 Å². The first-order chi connectivity index (χ1) is 9.20. The Bertz CT molecular complexity index is 598. The van der Waals surface area contributed by atoms with Gasteiger partial charge in [-0.25, -0.2) is 8.42 Å². The maximum absolute atomic E-state index is 12.6. The summed E-state index contributed by atoms with van der Waals surface area (Å²) in [6, 6.07) is 4.29. The highest BCUT2D eigenvalue weighted by Crippen LogP contribution is 2.26. The van der Waals surface area contributed by atoms with Gasteiger partial charge in [0.15, 0.2) is 0 Å². The zero-order valence-electron chi connectivity index (χ0n) is 11.9. The molecule has 1 aromatic rings. The average molecular weight is 320 g/mol. The number of carbonyl (C=O) groups excluding carboxylic acids is 1. The lowest BCUT2D eigenvalue weighted by Gasteiger charge is -2.25. The molecule has 0 saturated carbocycles. The molecular weight excluding hydrogens is 302 g/mol. The molecule has 7 heteroatoms. The van der Waals surface area contributed by atoms with E-state index in [1.54, 1.807) is 26.0 Å². The van der Waals surface area contributed by atoms with Crippen molar-refractivity contribution in [2.45, 2.75) is 31.7 Å². The molecule has 1 rings (SSSR count). The van der Waals surface area contributed by atoms with Crippen LogP contribution in [0.2, 0.25) is 5.02 Å². The van der Waals surface area contributed by atoms with Crippen molar-refractivity contribution in [1.29, 1.82) is 0 Å².